The lowest BCUT2D eigenvalue weighted by Gasteiger charge is -2.30. The standard InChI is InChI=1S/C27H25ClN2O2/c1-2-32-21-7-5-6-18(14-21)27-26-24(29-22-8-3-4-9-23(22)30-27)15-19(16-25(26)31)17-10-12-20(28)13-11-17/h3-14,19,27,29-30H,2,15-16H2,1H3. The second-order valence-electron chi connectivity index (χ2n) is 8.23. The van der Waals surface area contributed by atoms with Crippen molar-refractivity contribution in [1.29, 1.82) is 0 Å². The molecule has 5 heteroatoms. The maximum atomic E-state index is 13.6. The van der Waals surface area contributed by atoms with Crippen LogP contribution in [0.3, 0.4) is 0 Å². The van der Waals surface area contributed by atoms with Gasteiger partial charge in [-0.15, -0.1) is 0 Å². The average molecular weight is 445 g/mol. The monoisotopic (exact) mass is 444 g/mol. The van der Waals surface area contributed by atoms with Gasteiger partial charge in [-0.3, -0.25) is 4.79 Å². The number of benzene rings is 3. The van der Waals surface area contributed by atoms with Crippen molar-refractivity contribution >= 4 is 28.8 Å². The summed E-state index contributed by atoms with van der Waals surface area (Å²) >= 11 is 6.08. The number of carbonyl (C=O) groups excluding carboxylic acids is 1. The van der Waals surface area contributed by atoms with Crippen LogP contribution < -0.4 is 15.4 Å². The number of carbonyl (C=O) groups is 1. The first-order valence-electron chi connectivity index (χ1n) is 11.0. The molecular weight excluding hydrogens is 420 g/mol. The molecule has 1 heterocycles. The van der Waals surface area contributed by atoms with Crippen LogP contribution in [-0.2, 0) is 4.79 Å². The maximum absolute atomic E-state index is 13.6. The summed E-state index contributed by atoms with van der Waals surface area (Å²) in [6.07, 6.45) is 1.24. The Balaban J connectivity index is 1.59. The zero-order chi connectivity index (χ0) is 22.1. The predicted molar refractivity (Wildman–Crippen MR) is 129 cm³/mol. The van der Waals surface area contributed by atoms with Gasteiger partial charge in [-0.05, 0) is 66.8 Å². The Morgan fingerprint density at radius 2 is 1.72 bits per heavy atom. The summed E-state index contributed by atoms with van der Waals surface area (Å²) in [5, 5.41) is 7.91. The van der Waals surface area contributed by atoms with E-state index in [0.29, 0.717) is 18.1 Å². The summed E-state index contributed by atoms with van der Waals surface area (Å²) in [6.45, 7) is 2.57. The molecule has 2 N–H and O–H groups in total. The van der Waals surface area contributed by atoms with Gasteiger partial charge in [0.25, 0.3) is 0 Å². The van der Waals surface area contributed by atoms with Crippen molar-refractivity contribution in [3.8, 4) is 5.75 Å². The van der Waals surface area contributed by atoms with Gasteiger partial charge in [0.1, 0.15) is 5.75 Å². The zero-order valence-corrected chi connectivity index (χ0v) is 18.7. The molecule has 2 aliphatic rings. The molecule has 162 valence electrons. The Morgan fingerprint density at radius 1 is 0.938 bits per heavy atom. The quantitative estimate of drug-likeness (QED) is 0.469. The average Bonchev–Trinajstić information content (AvgIpc) is 2.97. The Morgan fingerprint density at radius 3 is 2.50 bits per heavy atom. The number of Topliss-reactive ketones (excluding diaryl/α,β-unsaturated/α-hetero) is 1. The third-order valence-electron chi connectivity index (χ3n) is 6.15. The lowest BCUT2D eigenvalue weighted by Crippen LogP contribution is -2.26. The molecule has 0 saturated heterocycles. The third-order valence-corrected chi connectivity index (χ3v) is 6.40. The molecule has 1 aliphatic heterocycles. The molecule has 4 nitrogen and oxygen atoms in total. The van der Waals surface area contributed by atoms with Crippen LogP contribution in [0.5, 0.6) is 5.75 Å². The molecule has 5 rings (SSSR count). The lowest BCUT2D eigenvalue weighted by molar-refractivity contribution is -0.116. The molecule has 32 heavy (non-hydrogen) atoms. The molecule has 2 atom stereocenters. The maximum Gasteiger partial charge on any atom is 0.163 e. The van der Waals surface area contributed by atoms with Gasteiger partial charge < -0.3 is 15.4 Å². The summed E-state index contributed by atoms with van der Waals surface area (Å²) in [4.78, 5) is 13.6. The summed E-state index contributed by atoms with van der Waals surface area (Å²) in [6, 6.07) is 23.7. The molecule has 3 aromatic rings. The largest absolute Gasteiger partial charge is 0.494 e. The van der Waals surface area contributed by atoms with Crippen molar-refractivity contribution in [3.63, 3.8) is 0 Å². The first-order valence-corrected chi connectivity index (χ1v) is 11.4. The van der Waals surface area contributed by atoms with Crippen LogP contribution in [0.1, 0.15) is 42.9 Å². The van der Waals surface area contributed by atoms with E-state index in [1.807, 2.05) is 73.7 Å². The van der Waals surface area contributed by atoms with Gasteiger partial charge in [0.15, 0.2) is 5.78 Å². The highest BCUT2D eigenvalue weighted by Crippen LogP contribution is 2.44. The minimum absolute atomic E-state index is 0.117. The highest BCUT2D eigenvalue weighted by molar-refractivity contribution is 6.30. The van der Waals surface area contributed by atoms with E-state index in [9.17, 15) is 4.79 Å². The number of halogens is 1. The van der Waals surface area contributed by atoms with E-state index in [4.69, 9.17) is 16.3 Å². The zero-order valence-electron chi connectivity index (χ0n) is 17.9. The molecule has 0 saturated carbocycles. The Labute approximate surface area is 193 Å². The Bertz CT molecular complexity index is 1190. The number of hydrogen-bond donors (Lipinski definition) is 2. The first-order chi connectivity index (χ1) is 15.6. The number of nitrogens with one attached hydrogen (secondary N) is 2. The molecule has 0 aromatic heterocycles. The normalized spacial score (nSPS) is 19.9. The molecule has 3 aromatic carbocycles. The highest BCUT2D eigenvalue weighted by atomic mass is 35.5. The number of rotatable bonds is 4. The molecule has 0 spiro atoms. The number of hydrogen-bond acceptors (Lipinski definition) is 4. The molecule has 2 unspecified atom stereocenters. The van der Waals surface area contributed by atoms with Gasteiger partial charge >= 0.3 is 0 Å². The third kappa shape index (κ3) is 3.98. The number of ether oxygens (including phenoxy) is 1. The molecule has 0 fully saturated rings. The SMILES string of the molecule is CCOc1cccc(C2Nc3ccccc3NC3=C2C(=O)CC(c2ccc(Cl)cc2)C3)c1. The molecular formula is C27H25ClN2O2. The summed E-state index contributed by atoms with van der Waals surface area (Å²) < 4.78 is 5.73. The van der Waals surface area contributed by atoms with Crippen molar-refractivity contribution < 1.29 is 9.53 Å². The van der Waals surface area contributed by atoms with E-state index < -0.39 is 0 Å². The molecule has 0 bridgehead atoms. The Hall–Kier alpha value is -3.24. The summed E-state index contributed by atoms with van der Waals surface area (Å²) in [5.74, 6) is 1.08. The number of ketones is 1. The molecule has 1 aliphatic carbocycles. The van der Waals surface area contributed by atoms with E-state index in [2.05, 4.69) is 16.7 Å². The number of allylic oxidation sites excluding steroid dienone is 1. The van der Waals surface area contributed by atoms with Crippen molar-refractivity contribution in [1.82, 2.24) is 0 Å². The van der Waals surface area contributed by atoms with Crippen LogP contribution in [-0.4, -0.2) is 12.4 Å². The van der Waals surface area contributed by atoms with E-state index in [-0.39, 0.29) is 17.7 Å². The van der Waals surface area contributed by atoms with Gasteiger partial charge in [-0.1, -0.05) is 48.0 Å². The lowest BCUT2D eigenvalue weighted by atomic mass is 9.78. The van der Waals surface area contributed by atoms with E-state index >= 15 is 0 Å². The van der Waals surface area contributed by atoms with E-state index in [0.717, 1.165) is 45.9 Å². The van der Waals surface area contributed by atoms with Gasteiger partial charge in [-0.25, -0.2) is 0 Å². The van der Waals surface area contributed by atoms with Gasteiger partial charge in [0.05, 0.1) is 24.0 Å². The van der Waals surface area contributed by atoms with Crippen LogP contribution >= 0.6 is 11.6 Å². The number of para-hydroxylation sites is 2. The van der Waals surface area contributed by atoms with Crippen LogP contribution in [0, 0.1) is 0 Å². The van der Waals surface area contributed by atoms with Crippen LogP contribution in [0.15, 0.2) is 84.1 Å². The molecule has 0 radical (unpaired) electrons. The predicted octanol–water partition coefficient (Wildman–Crippen LogP) is 6.72. The van der Waals surface area contributed by atoms with Crippen molar-refractivity contribution in [2.45, 2.75) is 31.7 Å². The van der Waals surface area contributed by atoms with Crippen molar-refractivity contribution in [3.05, 3.63) is 100 Å². The number of fused-ring (bicyclic) bond motifs is 1. The smallest absolute Gasteiger partial charge is 0.163 e. The van der Waals surface area contributed by atoms with Crippen molar-refractivity contribution in [2.24, 2.45) is 0 Å². The van der Waals surface area contributed by atoms with Crippen LogP contribution in [0.4, 0.5) is 11.4 Å². The number of anilines is 2. The first kappa shape index (κ1) is 20.7. The van der Waals surface area contributed by atoms with Gasteiger partial charge in [0, 0.05) is 22.7 Å². The van der Waals surface area contributed by atoms with E-state index in [1.54, 1.807) is 0 Å². The second kappa shape index (κ2) is 8.71. The highest BCUT2D eigenvalue weighted by Gasteiger charge is 2.36. The minimum Gasteiger partial charge on any atom is -0.494 e. The summed E-state index contributed by atoms with van der Waals surface area (Å²) in [5.41, 5.74) is 5.89. The van der Waals surface area contributed by atoms with Crippen molar-refractivity contribution in [2.75, 3.05) is 17.2 Å². The fourth-order valence-electron chi connectivity index (χ4n) is 4.66. The minimum atomic E-state index is -0.250. The summed E-state index contributed by atoms with van der Waals surface area (Å²) in [7, 11) is 0. The molecule has 0 amide bonds. The van der Waals surface area contributed by atoms with Gasteiger partial charge in [0.2, 0.25) is 0 Å². The Kier molecular flexibility index (Phi) is 5.62. The van der Waals surface area contributed by atoms with E-state index in [1.165, 1.54) is 0 Å². The van der Waals surface area contributed by atoms with Crippen LogP contribution in [0.25, 0.3) is 0 Å². The fourth-order valence-corrected chi connectivity index (χ4v) is 4.79. The topological polar surface area (TPSA) is 50.4 Å². The van der Waals surface area contributed by atoms with Crippen LogP contribution in [0.2, 0.25) is 5.02 Å². The fraction of sp³-hybridized carbons (Fsp3) is 0.222. The second-order valence-corrected chi connectivity index (χ2v) is 8.66. The van der Waals surface area contributed by atoms with Gasteiger partial charge in [-0.2, -0.15) is 0 Å².